The molecule has 32 heavy (non-hydrogen) atoms. The minimum atomic E-state index is -0.315. The van der Waals surface area contributed by atoms with Crippen molar-refractivity contribution in [1.82, 2.24) is 20.1 Å². The zero-order valence-corrected chi connectivity index (χ0v) is 18.9. The molecule has 2 aromatic carbocycles. The first-order chi connectivity index (χ1) is 15.5. The third kappa shape index (κ3) is 6.58. The van der Waals surface area contributed by atoms with E-state index in [1.165, 1.54) is 30.0 Å². The Kier molecular flexibility index (Phi) is 8.27. The van der Waals surface area contributed by atoms with Crippen LogP contribution in [0.15, 0.2) is 59.8 Å². The van der Waals surface area contributed by atoms with E-state index in [0.29, 0.717) is 23.9 Å². The third-order valence-corrected chi connectivity index (χ3v) is 5.54. The van der Waals surface area contributed by atoms with Gasteiger partial charge in [0.05, 0.1) is 19.8 Å². The number of rotatable bonds is 10. The molecular weight excluding hydrogens is 431 g/mol. The van der Waals surface area contributed by atoms with E-state index in [2.05, 4.69) is 15.5 Å². The van der Waals surface area contributed by atoms with Crippen molar-refractivity contribution in [3.63, 3.8) is 0 Å². The van der Waals surface area contributed by atoms with E-state index in [4.69, 9.17) is 9.47 Å². The van der Waals surface area contributed by atoms with E-state index in [-0.39, 0.29) is 17.8 Å². The third-order valence-electron chi connectivity index (χ3n) is 4.55. The van der Waals surface area contributed by atoms with Crippen LogP contribution in [0.1, 0.15) is 24.4 Å². The quantitative estimate of drug-likeness (QED) is 0.282. The highest BCUT2D eigenvalue weighted by atomic mass is 32.2. The molecule has 0 unspecified atom stereocenters. The van der Waals surface area contributed by atoms with E-state index in [9.17, 15) is 9.18 Å². The minimum Gasteiger partial charge on any atom is -0.497 e. The van der Waals surface area contributed by atoms with E-state index < -0.39 is 0 Å². The van der Waals surface area contributed by atoms with Crippen LogP contribution in [0.25, 0.3) is 6.08 Å². The SMILES string of the molecule is COc1ccc(/C=C/C(=O)N[C@@H](C)c2nnc(SCCOc3ccc(F)cc3)n2C)cc1. The van der Waals surface area contributed by atoms with Gasteiger partial charge in [-0.3, -0.25) is 4.79 Å². The van der Waals surface area contributed by atoms with Gasteiger partial charge in [-0.1, -0.05) is 23.9 Å². The number of hydrogen-bond acceptors (Lipinski definition) is 6. The van der Waals surface area contributed by atoms with E-state index >= 15 is 0 Å². The van der Waals surface area contributed by atoms with E-state index in [1.807, 2.05) is 42.8 Å². The maximum absolute atomic E-state index is 12.9. The number of halogens is 1. The fourth-order valence-electron chi connectivity index (χ4n) is 2.87. The van der Waals surface area contributed by atoms with Crippen molar-refractivity contribution in [2.24, 2.45) is 7.05 Å². The molecular formula is C23H25FN4O3S. The molecule has 7 nitrogen and oxygen atoms in total. The molecule has 1 atom stereocenters. The Morgan fingerprint density at radius 2 is 1.84 bits per heavy atom. The normalized spacial score (nSPS) is 12.0. The van der Waals surface area contributed by atoms with Gasteiger partial charge in [-0.25, -0.2) is 4.39 Å². The molecule has 0 bridgehead atoms. The molecule has 9 heteroatoms. The molecule has 1 N–H and O–H groups in total. The number of amides is 1. The maximum atomic E-state index is 12.9. The molecule has 0 fully saturated rings. The summed E-state index contributed by atoms with van der Waals surface area (Å²) in [6, 6.07) is 13.0. The zero-order valence-electron chi connectivity index (χ0n) is 18.1. The van der Waals surface area contributed by atoms with Crippen molar-refractivity contribution >= 4 is 23.7 Å². The fraction of sp³-hybridized carbons (Fsp3) is 0.261. The van der Waals surface area contributed by atoms with Gasteiger partial charge in [-0.2, -0.15) is 0 Å². The summed E-state index contributed by atoms with van der Waals surface area (Å²) in [6.45, 7) is 2.30. The van der Waals surface area contributed by atoms with Crippen molar-refractivity contribution in [2.45, 2.75) is 18.1 Å². The van der Waals surface area contributed by atoms with Crippen LogP contribution in [0.4, 0.5) is 4.39 Å². The van der Waals surface area contributed by atoms with Gasteiger partial charge >= 0.3 is 0 Å². The average Bonchev–Trinajstić information content (AvgIpc) is 3.17. The molecule has 3 aromatic rings. The van der Waals surface area contributed by atoms with Gasteiger partial charge in [0.15, 0.2) is 11.0 Å². The van der Waals surface area contributed by atoms with Crippen molar-refractivity contribution in [3.05, 3.63) is 71.8 Å². The first-order valence-electron chi connectivity index (χ1n) is 9.99. The number of thioether (sulfide) groups is 1. The van der Waals surface area contributed by atoms with Crippen LogP contribution < -0.4 is 14.8 Å². The van der Waals surface area contributed by atoms with Gasteiger partial charge in [0.1, 0.15) is 17.3 Å². The van der Waals surface area contributed by atoms with Crippen molar-refractivity contribution in [2.75, 3.05) is 19.5 Å². The number of aromatic nitrogens is 3. The smallest absolute Gasteiger partial charge is 0.244 e. The van der Waals surface area contributed by atoms with Crippen molar-refractivity contribution in [3.8, 4) is 11.5 Å². The molecule has 0 saturated carbocycles. The zero-order chi connectivity index (χ0) is 22.9. The second kappa shape index (κ2) is 11.3. The monoisotopic (exact) mass is 456 g/mol. The maximum Gasteiger partial charge on any atom is 0.244 e. The molecule has 0 spiro atoms. The largest absolute Gasteiger partial charge is 0.497 e. The summed E-state index contributed by atoms with van der Waals surface area (Å²) in [6.07, 6.45) is 3.22. The molecule has 1 aromatic heterocycles. The van der Waals surface area contributed by atoms with Crippen LogP contribution in [0.5, 0.6) is 11.5 Å². The first-order valence-corrected chi connectivity index (χ1v) is 11.0. The fourth-order valence-corrected chi connectivity index (χ4v) is 3.60. The molecule has 0 aliphatic carbocycles. The lowest BCUT2D eigenvalue weighted by Crippen LogP contribution is -2.26. The second-order valence-corrected chi connectivity index (χ2v) is 7.95. The lowest BCUT2D eigenvalue weighted by molar-refractivity contribution is -0.117. The Morgan fingerprint density at radius 1 is 1.16 bits per heavy atom. The summed E-state index contributed by atoms with van der Waals surface area (Å²) < 4.78 is 25.5. The number of methoxy groups -OCH3 is 1. The Hall–Kier alpha value is -3.33. The molecule has 0 aliphatic rings. The number of carbonyl (C=O) groups excluding carboxylic acids is 1. The number of hydrogen-bond donors (Lipinski definition) is 1. The summed E-state index contributed by atoms with van der Waals surface area (Å²) in [5.41, 5.74) is 0.897. The average molecular weight is 457 g/mol. The Bertz CT molecular complexity index is 1050. The van der Waals surface area contributed by atoms with Gasteiger partial charge in [-0.15, -0.1) is 10.2 Å². The minimum absolute atomic E-state index is 0.224. The summed E-state index contributed by atoms with van der Waals surface area (Å²) in [7, 11) is 3.46. The number of benzene rings is 2. The molecule has 168 valence electrons. The highest BCUT2D eigenvalue weighted by Crippen LogP contribution is 2.20. The topological polar surface area (TPSA) is 78.3 Å². The number of carbonyl (C=O) groups is 1. The number of ether oxygens (including phenoxy) is 2. The molecule has 1 heterocycles. The van der Waals surface area contributed by atoms with Gasteiger partial charge in [0.25, 0.3) is 0 Å². The van der Waals surface area contributed by atoms with Crippen LogP contribution >= 0.6 is 11.8 Å². The highest BCUT2D eigenvalue weighted by Gasteiger charge is 2.16. The van der Waals surface area contributed by atoms with Crippen LogP contribution in [0.2, 0.25) is 0 Å². The lowest BCUT2D eigenvalue weighted by atomic mass is 10.2. The number of nitrogens with one attached hydrogen (secondary N) is 1. The van der Waals surface area contributed by atoms with Crippen LogP contribution in [-0.4, -0.2) is 40.1 Å². The van der Waals surface area contributed by atoms with Crippen LogP contribution in [-0.2, 0) is 11.8 Å². The van der Waals surface area contributed by atoms with Crippen molar-refractivity contribution < 1.29 is 18.7 Å². The van der Waals surface area contributed by atoms with Gasteiger partial charge < -0.3 is 19.4 Å². The predicted molar refractivity (Wildman–Crippen MR) is 122 cm³/mol. The summed E-state index contributed by atoms with van der Waals surface area (Å²) in [4.78, 5) is 12.3. The molecule has 0 radical (unpaired) electrons. The first kappa shape index (κ1) is 23.3. The van der Waals surface area contributed by atoms with Crippen molar-refractivity contribution in [1.29, 1.82) is 0 Å². The molecule has 1 amide bonds. The predicted octanol–water partition coefficient (Wildman–Crippen LogP) is 4.02. The standard InChI is InChI=1S/C23H25FN4O3S/c1-16(25-21(29)13-6-17-4-9-19(30-3)10-5-17)22-26-27-23(28(22)2)32-15-14-31-20-11-7-18(24)8-12-20/h4-13,16H,14-15H2,1-3H3,(H,25,29)/b13-6+/t16-/m0/s1. The molecule has 0 aliphatic heterocycles. The molecule has 3 rings (SSSR count). The Balaban J connectivity index is 1.47. The summed E-state index contributed by atoms with van der Waals surface area (Å²) in [5.74, 6) is 2.16. The Labute approximate surface area is 190 Å². The Morgan fingerprint density at radius 3 is 2.53 bits per heavy atom. The number of nitrogens with zero attached hydrogens (tertiary/aromatic N) is 3. The molecule has 0 saturated heterocycles. The summed E-state index contributed by atoms with van der Waals surface area (Å²) in [5, 5.41) is 12.0. The van der Waals surface area contributed by atoms with Gasteiger partial charge in [0, 0.05) is 18.9 Å². The lowest BCUT2D eigenvalue weighted by Gasteiger charge is -2.12. The van der Waals surface area contributed by atoms with Crippen LogP contribution in [0, 0.1) is 5.82 Å². The highest BCUT2D eigenvalue weighted by molar-refractivity contribution is 7.99. The van der Waals surface area contributed by atoms with Gasteiger partial charge in [0.2, 0.25) is 5.91 Å². The van der Waals surface area contributed by atoms with E-state index in [0.717, 1.165) is 16.5 Å². The second-order valence-electron chi connectivity index (χ2n) is 6.89. The van der Waals surface area contributed by atoms with E-state index in [1.54, 1.807) is 25.3 Å². The van der Waals surface area contributed by atoms with Gasteiger partial charge in [-0.05, 0) is 55.0 Å². The van der Waals surface area contributed by atoms with Crippen LogP contribution in [0.3, 0.4) is 0 Å². The summed E-state index contributed by atoms with van der Waals surface area (Å²) >= 11 is 1.49.